The highest BCUT2D eigenvalue weighted by molar-refractivity contribution is 6.28. The molecule has 1 saturated heterocycles. The van der Waals surface area contributed by atoms with Gasteiger partial charge in [0.25, 0.3) is 0 Å². The standard InChI is InChI=1S/C29H30ClFN4O/c1-18(2)21-8-4-6-10-24(21)29(30)15-23-26(34-27(29)22-9-5-7-11-25(22)31)14-20(17-36)33-28(23)35-13-12-32-16-19(35)3/h4-11,14-15,17-19,27,32H,12-13,16H2,1-3H3/t19-,27?,29?/m0/s1. The Labute approximate surface area is 215 Å². The van der Waals surface area contributed by atoms with Crippen LogP contribution in [0.5, 0.6) is 0 Å². The number of nitrogens with zero attached hydrogens (tertiary/aromatic N) is 3. The number of pyridine rings is 1. The summed E-state index contributed by atoms with van der Waals surface area (Å²) in [5.74, 6) is 0.526. The van der Waals surface area contributed by atoms with Crippen molar-refractivity contribution >= 4 is 29.8 Å². The van der Waals surface area contributed by atoms with Crippen molar-refractivity contribution in [2.24, 2.45) is 4.99 Å². The Balaban J connectivity index is 1.85. The van der Waals surface area contributed by atoms with Gasteiger partial charge in [0.15, 0.2) is 6.29 Å². The molecule has 2 aliphatic rings. The van der Waals surface area contributed by atoms with Crippen LogP contribution in [0, 0.1) is 5.82 Å². The number of carbonyl (C=O) groups excluding carboxylic acids is 1. The van der Waals surface area contributed by atoms with Crippen LogP contribution in [0.3, 0.4) is 0 Å². The molecule has 5 rings (SSSR count). The first-order valence-electron chi connectivity index (χ1n) is 12.4. The van der Waals surface area contributed by atoms with Gasteiger partial charge in [-0.2, -0.15) is 0 Å². The van der Waals surface area contributed by atoms with E-state index in [1.54, 1.807) is 24.3 Å². The first-order chi connectivity index (χ1) is 17.3. The number of hydrogen-bond donors (Lipinski definition) is 1. The first kappa shape index (κ1) is 24.6. The molecule has 3 atom stereocenters. The molecular formula is C29H30ClFN4O. The van der Waals surface area contributed by atoms with Crippen LogP contribution in [-0.4, -0.2) is 36.9 Å². The molecule has 2 aromatic carbocycles. The molecule has 0 aliphatic carbocycles. The zero-order valence-corrected chi connectivity index (χ0v) is 21.5. The summed E-state index contributed by atoms with van der Waals surface area (Å²) in [6.45, 7) is 8.72. The summed E-state index contributed by atoms with van der Waals surface area (Å²) < 4.78 is 15.2. The van der Waals surface area contributed by atoms with Crippen LogP contribution in [0.4, 0.5) is 10.2 Å². The zero-order chi connectivity index (χ0) is 25.4. The SMILES string of the molecule is CC(C)c1ccccc1C1(Cl)C=c2c(N3CCNC[C@@H]3C)nc(C=O)cc2=NC1c1ccccc1F. The van der Waals surface area contributed by atoms with Crippen molar-refractivity contribution in [2.45, 2.75) is 43.6 Å². The third-order valence-corrected chi connectivity index (χ3v) is 7.67. The predicted octanol–water partition coefficient (Wildman–Crippen LogP) is 4.24. The molecule has 0 spiro atoms. The maximum absolute atomic E-state index is 15.2. The largest absolute Gasteiger partial charge is 0.351 e. The number of alkyl halides is 1. The van der Waals surface area contributed by atoms with Gasteiger partial charge in [-0.3, -0.25) is 9.79 Å². The van der Waals surface area contributed by atoms with Crippen molar-refractivity contribution in [2.75, 3.05) is 24.5 Å². The molecule has 0 amide bonds. The Hall–Kier alpha value is -3.09. The van der Waals surface area contributed by atoms with E-state index in [1.165, 1.54) is 6.07 Å². The van der Waals surface area contributed by atoms with Crippen molar-refractivity contribution in [3.05, 3.63) is 93.4 Å². The average molecular weight is 505 g/mol. The first-order valence-corrected chi connectivity index (χ1v) is 12.8. The number of aromatic nitrogens is 1. The van der Waals surface area contributed by atoms with Gasteiger partial charge in [0.05, 0.1) is 5.36 Å². The number of nitrogens with one attached hydrogen (secondary N) is 1. The van der Waals surface area contributed by atoms with Crippen LogP contribution in [0.1, 0.15) is 59.9 Å². The number of halogens is 2. The number of fused-ring (bicyclic) bond motifs is 1. The summed E-state index contributed by atoms with van der Waals surface area (Å²) in [5, 5.41) is 4.77. The van der Waals surface area contributed by atoms with Crippen LogP contribution in [-0.2, 0) is 4.87 Å². The van der Waals surface area contributed by atoms with Crippen molar-refractivity contribution in [1.29, 1.82) is 0 Å². The summed E-state index contributed by atoms with van der Waals surface area (Å²) in [6, 6.07) is 15.8. The molecule has 1 N–H and O–H groups in total. The minimum absolute atomic E-state index is 0.169. The maximum atomic E-state index is 15.2. The normalized spacial score (nSPS) is 23.6. The van der Waals surface area contributed by atoms with Gasteiger partial charge in [-0.05, 0) is 42.2 Å². The average Bonchev–Trinajstić information content (AvgIpc) is 2.88. The number of carbonyl (C=O) groups is 1. The maximum Gasteiger partial charge on any atom is 0.168 e. The molecular weight excluding hydrogens is 475 g/mol. The monoisotopic (exact) mass is 504 g/mol. The van der Waals surface area contributed by atoms with E-state index in [4.69, 9.17) is 21.6 Å². The molecule has 0 bridgehead atoms. The second-order valence-electron chi connectivity index (χ2n) is 9.88. The topological polar surface area (TPSA) is 57.6 Å². The van der Waals surface area contributed by atoms with E-state index >= 15 is 4.39 Å². The zero-order valence-electron chi connectivity index (χ0n) is 20.7. The van der Waals surface area contributed by atoms with E-state index in [1.807, 2.05) is 24.3 Å². The van der Waals surface area contributed by atoms with E-state index in [0.717, 1.165) is 42.3 Å². The molecule has 5 nitrogen and oxygen atoms in total. The van der Waals surface area contributed by atoms with Gasteiger partial charge < -0.3 is 10.2 Å². The van der Waals surface area contributed by atoms with Crippen LogP contribution in [0.2, 0.25) is 0 Å². The molecule has 1 fully saturated rings. The fourth-order valence-electron chi connectivity index (χ4n) is 5.32. The van der Waals surface area contributed by atoms with Crippen LogP contribution in [0.25, 0.3) is 6.08 Å². The van der Waals surface area contributed by atoms with Gasteiger partial charge in [0.2, 0.25) is 0 Å². The molecule has 186 valence electrons. The van der Waals surface area contributed by atoms with E-state index in [9.17, 15) is 4.79 Å². The van der Waals surface area contributed by atoms with Crippen LogP contribution >= 0.6 is 11.6 Å². The van der Waals surface area contributed by atoms with Gasteiger partial charge >= 0.3 is 0 Å². The van der Waals surface area contributed by atoms with E-state index in [2.05, 4.69) is 37.1 Å². The fraction of sp³-hybridized carbons (Fsp3) is 0.345. The van der Waals surface area contributed by atoms with Crippen LogP contribution in [0.15, 0.2) is 59.6 Å². The molecule has 3 aromatic rings. The van der Waals surface area contributed by atoms with E-state index in [0.29, 0.717) is 22.4 Å². The van der Waals surface area contributed by atoms with Gasteiger partial charge in [0, 0.05) is 36.5 Å². The van der Waals surface area contributed by atoms with Crippen molar-refractivity contribution in [3.63, 3.8) is 0 Å². The molecule has 36 heavy (non-hydrogen) atoms. The number of anilines is 1. The number of benzene rings is 2. The van der Waals surface area contributed by atoms with E-state index in [-0.39, 0.29) is 17.8 Å². The lowest BCUT2D eigenvalue weighted by Crippen LogP contribution is -2.53. The van der Waals surface area contributed by atoms with Crippen molar-refractivity contribution in [3.8, 4) is 0 Å². The van der Waals surface area contributed by atoms with Gasteiger partial charge in [-0.25, -0.2) is 9.37 Å². The lowest BCUT2D eigenvalue weighted by atomic mass is 9.79. The molecule has 2 aliphatic heterocycles. The summed E-state index contributed by atoms with van der Waals surface area (Å²) in [5.41, 5.74) is 2.68. The van der Waals surface area contributed by atoms with Crippen molar-refractivity contribution in [1.82, 2.24) is 10.3 Å². The Bertz CT molecular complexity index is 1430. The van der Waals surface area contributed by atoms with Gasteiger partial charge in [0.1, 0.15) is 28.2 Å². The summed E-state index contributed by atoms with van der Waals surface area (Å²) in [7, 11) is 0. The highest BCUT2D eigenvalue weighted by Crippen LogP contribution is 2.48. The fourth-order valence-corrected chi connectivity index (χ4v) is 5.76. The molecule has 2 unspecified atom stereocenters. The Morgan fingerprint density at radius 3 is 2.67 bits per heavy atom. The second kappa shape index (κ2) is 9.75. The smallest absolute Gasteiger partial charge is 0.168 e. The van der Waals surface area contributed by atoms with Gasteiger partial charge in [-0.15, -0.1) is 11.6 Å². The molecule has 0 radical (unpaired) electrons. The lowest BCUT2D eigenvalue weighted by Gasteiger charge is -2.38. The van der Waals surface area contributed by atoms with E-state index < -0.39 is 10.9 Å². The molecule has 3 heterocycles. The Morgan fingerprint density at radius 1 is 1.19 bits per heavy atom. The minimum Gasteiger partial charge on any atom is -0.351 e. The molecule has 0 saturated carbocycles. The summed E-state index contributed by atoms with van der Waals surface area (Å²) in [6.07, 6.45) is 2.72. The molecule has 7 heteroatoms. The second-order valence-corrected chi connectivity index (χ2v) is 10.5. The van der Waals surface area contributed by atoms with Crippen molar-refractivity contribution < 1.29 is 9.18 Å². The molecule has 1 aromatic heterocycles. The summed E-state index contributed by atoms with van der Waals surface area (Å²) in [4.78, 5) is 22.7. The number of piperazine rings is 1. The number of aldehydes is 1. The van der Waals surface area contributed by atoms with Gasteiger partial charge in [-0.1, -0.05) is 56.3 Å². The number of hydrogen-bond acceptors (Lipinski definition) is 5. The lowest BCUT2D eigenvalue weighted by molar-refractivity contribution is 0.111. The quantitative estimate of drug-likeness (QED) is 0.417. The Morgan fingerprint density at radius 2 is 1.94 bits per heavy atom. The Kier molecular flexibility index (Phi) is 6.66. The highest BCUT2D eigenvalue weighted by atomic mass is 35.5. The third kappa shape index (κ3) is 4.22. The number of rotatable bonds is 5. The summed E-state index contributed by atoms with van der Waals surface area (Å²) >= 11 is 7.63. The highest BCUT2D eigenvalue weighted by Gasteiger charge is 2.43. The third-order valence-electron chi connectivity index (χ3n) is 7.15. The van der Waals surface area contributed by atoms with Crippen LogP contribution < -0.4 is 20.8 Å². The minimum atomic E-state index is -1.16. The predicted molar refractivity (Wildman–Crippen MR) is 142 cm³/mol.